The highest BCUT2D eigenvalue weighted by Gasteiger charge is 2.10. The number of benzene rings is 2. The molecule has 0 atom stereocenters. The molecule has 1 heterocycles. The van der Waals surface area contributed by atoms with Crippen LogP contribution in [0.2, 0.25) is 0 Å². The van der Waals surface area contributed by atoms with E-state index < -0.39 is 0 Å². The molecule has 0 fully saturated rings. The Labute approximate surface area is 145 Å². The standard InChI is InChI=1S/C19H15N5O/c1-13-4-2-3-5-16(13)24-19(25)17-10-18(22-12-21-17)23-15-8-6-14(11-20)7-9-15/h2-10,12H,1H3,(H,24,25)(H,21,22,23). The van der Waals surface area contributed by atoms with Crippen LogP contribution in [0.5, 0.6) is 0 Å². The van der Waals surface area contributed by atoms with Crippen LogP contribution in [-0.2, 0) is 0 Å². The molecule has 0 unspecified atom stereocenters. The lowest BCUT2D eigenvalue weighted by Crippen LogP contribution is -2.15. The van der Waals surface area contributed by atoms with Gasteiger partial charge in [-0.1, -0.05) is 18.2 Å². The number of nitriles is 1. The Balaban J connectivity index is 1.75. The van der Waals surface area contributed by atoms with Gasteiger partial charge in [0.1, 0.15) is 17.8 Å². The molecule has 122 valence electrons. The molecular weight excluding hydrogens is 314 g/mol. The van der Waals surface area contributed by atoms with Crippen molar-refractivity contribution in [1.82, 2.24) is 9.97 Å². The molecular formula is C19H15N5O. The Morgan fingerprint density at radius 2 is 1.84 bits per heavy atom. The summed E-state index contributed by atoms with van der Waals surface area (Å²) in [6.07, 6.45) is 1.33. The van der Waals surface area contributed by atoms with Crippen LogP contribution in [0.4, 0.5) is 17.2 Å². The normalized spacial score (nSPS) is 9.92. The number of carbonyl (C=O) groups excluding carboxylic acids is 1. The molecule has 6 nitrogen and oxygen atoms in total. The number of hydrogen-bond acceptors (Lipinski definition) is 5. The summed E-state index contributed by atoms with van der Waals surface area (Å²) < 4.78 is 0. The molecule has 0 saturated heterocycles. The van der Waals surface area contributed by atoms with Crippen molar-refractivity contribution in [3.8, 4) is 6.07 Å². The van der Waals surface area contributed by atoms with Crippen molar-refractivity contribution in [2.24, 2.45) is 0 Å². The van der Waals surface area contributed by atoms with Gasteiger partial charge in [-0.3, -0.25) is 4.79 Å². The molecule has 0 bridgehead atoms. The molecule has 6 heteroatoms. The van der Waals surface area contributed by atoms with Gasteiger partial charge in [-0.25, -0.2) is 9.97 Å². The zero-order valence-electron chi connectivity index (χ0n) is 13.5. The molecule has 2 N–H and O–H groups in total. The minimum absolute atomic E-state index is 0.259. The average Bonchev–Trinajstić information content (AvgIpc) is 2.64. The van der Waals surface area contributed by atoms with E-state index in [0.717, 1.165) is 16.9 Å². The molecule has 0 aliphatic heterocycles. The van der Waals surface area contributed by atoms with Crippen molar-refractivity contribution in [2.75, 3.05) is 10.6 Å². The van der Waals surface area contributed by atoms with E-state index in [9.17, 15) is 4.79 Å². The summed E-state index contributed by atoms with van der Waals surface area (Å²) in [7, 11) is 0. The first-order valence-corrected chi connectivity index (χ1v) is 7.62. The predicted octanol–water partition coefficient (Wildman–Crippen LogP) is 3.65. The second-order valence-corrected chi connectivity index (χ2v) is 5.37. The van der Waals surface area contributed by atoms with Gasteiger partial charge in [0.15, 0.2) is 0 Å². The van der Waals surface area contributed by atoms with Gasteiger partial charge in [-0.2, -0.15) is 5.26 Å². The average molecular weight is 329 g/mol. The zero-order chi connectivity index (χ0) is 17.6. The number of carbonyl (C=O) groups is 1. The van der Waals surface area contributed by atoms with Crippen molar-refractivity contribution in [3.63, 3.8) is 0 Å². The van der Waals surface area contributed by atoms with Crippen molar-refractivity contribution in [3.05, 3.63) is 77.7 Å². The number of amides is 1. The van der Waals surface area contributed by atoms with Crippen LogP contribution in [-0.4, -0.2) is 15.9 Å². The fraction of sp³-hybridized carbons (Fsp3) is 0.0526. The fourth-order valence-corrected chi connectivity index (χ4v) is 2.23. The van der Waals surface area contributed by atoms with Crippen LogP contribution in [0.25, 0.3) is 0 Å². The number of para-hydroxylation sites is 1. The van der Waals surface area contributed by atoms with Crippen molar-refractivity contribution < 1.29 is 4.79 Å². The lowest BCUT2D eigenvalue weighted by Gasteiger charge is -2.09. The highest BCUT2D eigenvalue weighted by molar-refractivity contribution is 6.03. The number of hydrogen-bond donors (Lipinski definition) is 2. The molecule has 25 heavy (non-hydrogen) atoms. The van der Waals surface area contributed by atoms with Gasteiger partial charge in [-0.05, 0) is 42.8 Å². The monoisotopic (exact) mass is 329 g/mol. The summed E-state index contributed by atoms with van der Waals surface area (Å²) in [6.45, 7) is 1.92. The molecule has 1 aromatic heterocycles. The highest BCUT2D eigenvalue weighted by Crippen LogP contribution is 2.17. The molecule has 0 saturated carbocycles. The summed E-state index contributed by atoms with van der Waals surface area (Å²) in [5.74, 6) is 0.189. The smallest absolute Gasteiger partial charge is 0.274 e. The Hall–Kier alpha value is -3.72. The van der Waals surface area contributed by atoms with E-state index in [4.69, 9.17) is 5.26 Å². The molecule has 3 aromatic rings. The lowest BCUT2D eigenvalue weighted by molar-refractivity contribution is 0.102. The molecule has 0 spiro atoms. The first kappa shape index (κ1) is 16.1. The molecule has 2 aromatic carbocycles. The van der Waals surface area contributed by atoms with E-state index in [1.165, 1.54) is 6.33 Å². The topological polar surface area (TPSA) is 90.7 Å². The maximum atomic E-state index is 12.4. The molecule has 1 amide bonds. The van der Waals surface area contributed by atoms with Crippen LogP contribution in [0.3, 0.4) is 0 Å². The number of rotatable bonds is 4. The van der Waals surface area contributed by atoms with E-state index in [-0.39, 0.29) is 11.6 Å². The van der Waals surface area contributed by atoms with Crippen LogP contribution >= 0.6 is 0 Å². The van der Waals surface area contributed by atoms with Crippen molar-refractivity contribution >= 4 is 23.1 Å². The van der Waals surface area contributed by atoms with Crippen LogP contribution in [0, 0.1) is 18.3 Å². The van der Waals surface area contributed by atoms with E-state index in [0.29, 0.717) is 11.4 Å². The third-order valence-corrected chi connectivity index (χ3v) is 3.58. The summed E-state index contributed by atoms with van der Waals surface area (Å²) in [4.78, 5) is 20.5. The Kier molecular flexibility index (Phi) is 4.67. The Morgan fingerprint density at radius 1 is 1.08 bits per heavy atom. The third kappa shape index (κ3) is 3.98. The minimum Gasteiger partial charge on any atom is -0.340 e. The maximum Gasteiger partial charge on any atom is 0.274 e. The first-order valence-electron chi connectivity index (χ1n) is 7.62. The van der Waals surface area contributed by atoms with Crippen molar-refractivity contribution in [1.29, 1.82) is 5.26 Å². The molecule has 0 radical (unpaired) electrons. The quantitative estimate of drug-likeness (QED) is 0.762. The second kappa shape index (κ2) is 7.23. The van der Waals surface area contributed by atoms with Gasteiger partial charge in [-0.15, -0.1) is 0 Å². The lowest BCUT2D eigenvalue weighted by atomic mass is 10.2. The molecule has 0 aliphatic rings. The molecule has 0 aliphatic carbocycles. The van der Waals surface area contributed by atoms with Crippen LogP contribution in [0.1, 0.15) is 21.6 Å². The Bertz CT molecular complexity index is 945. The van der Waals surface area contributed by atoms with Gasteiger partial charge in [0.25, 0.3) is 5.91 Å². The summed E-state index contributed by atoms with van der Waals surface area (Å²) in [5.41, 5.74) is 3.32. The third-order valence-electron chi connectivity index (χ3n) is 3.58. The van der Waals surface area contributed by atoms with E-state index in [1.54, 1.807) is 30.3 Å². The number of aryl methyl sites for hydroxylation is 1. The number of anilines is 3. The summed E-state index contributed by atoms with van der Waals surface area (Å²) in [5, 5.41) is 14.7. The van der Waals surface area contributed by atoms with Gasteiger partial charge < -0.3 is 10.6 Å². The van der Waals surface area contributed by atoms with Crippen LogP contribution in [0.15, 0.2) is 60.9 Å². The van der Waals surface area contributed by atoms with E-state index >= 15 is 0 Å². The fourth-order valence-electron chi connectivity index (χ4n) is 2.23. The predicted molar refractivity (Wildman–Crippen MR) is 95.6 cm³/mol. The molecule has 3 rings (SSSR count). The Morgan fingerprint density at radius 3 is 2.56 bits per heavy atom. The SMILES string of the molecule is Cc1ccccc1NC(=O)c1cc(Nc2ccc(C#N)cc2)ncn1. The number of aromatic nitrogens is 2. The first-order chi connectivity index (χ1) is 12.2. The van der Waals surface area contributed by atoms with Gasteiger partial charge in [0.05, 0.1) is 11.6 Å². The van der Waals surface area contributed by atoms with Gasteiger partial charge >= 0.3 is 0 Å². The number of nitrogens with one attached hydrogen (secondary N) is 2. The number of nitrogens with zero attached hydrogens (tertiary/aromatic N) is 3. The zero-order valence-corrected chi connectivity index (χ0v) is 13.5. The van der Waals surface area contributed by atoms with E-state index in [1.807, 2.05) is 31.2 Å². The summed E-state index contributed by atoms with van der Waals surface area (Å²) in [6, 6.07) is 18.1. The van der Waals surface area contributed by atoms with Crippen molar-refractivity contribution in [2.45, 2.75) is 6.92 Å². The largest absolute Gasteiger partial charge is 0.340 e. The maximum absolute atomic E-state index is 12.4. The van der Waals surface area contributed by atoms with E-state index in [2.05, 4.69) is 26.7 Å². The van der Waals surface area contributed by atoms with Gasteiger partial charge in [0.2, 0.25) is 0 Å². The minimum atomic E-state index is -0.306. The highest BCUT2D eigenvalue weighted by atomic mass is 16.1. The van der Waals surface area contributed by atoms with Gasteiger partial charge in [0, 0.05) is 17.4 Å². The second-order valence-electron chi connectivity index (χ2n) is 5.37. The summed E-state index contributed by atoms with van der Waals surface area (Å²) >= 11 is 0. The van der Waals surface area contributed by atoms with Crippen LogP contribution < -0.4 is 10.6 Å².